The number of nitrogens with one attached hydrogen (secondary N) is 1. The Hall–Kier alpha value is -5.49. The molecule has 7 nitrogen and oxygen atoms in total. The minimum atomic E-state index is -1.03. The van der Waals surface area contributed by atoms with Gasteiger partial charge in [-0.25, -0.2) is 14.8 Å². The molecule has 4 aromatic carbocycles. The fourth-order valence-corrected chi connectivity index (χ4v) is 6.04. The van der Waals surface area contributed by atoms with Crippen LogP contribution in [0.3, 0.4) is 0 Å². The number of fused-ring (bicyclic) bond motifs is 1. The third kappa shape index (κ3) is 6.55. The first kappa shape index (κ1) is 29.6. The Morgan fingerprint density at radius 3 is 2.18 bits per heavy atom. The molecular formula is C36H23ClN4O3S. The van der Waals surface area contributed by atoms with Crippen molar-refractivity contribution in [3.05, 3.63) is 143 Å². The third-order valence-electron chi connectivity index (χ3n) is 7.09. The lowest BCUT2D eigenvalue weighted by Crippen LogP contribution is -2.19. The van der Waals surface area contributed by atoms with Gasteiger partial charge in [0.15, 0.2) is 0 Å². The molecule has 2 N–H and O–H groups in total. The molecule has 218 valence electrons. The molecule has 6 rings (SSSR count). The molecule has 2 aromatic heterocycles. The number of hydrogen-bond donors (Lipinski definition) is 2. The Balaban J connectivity index is 1.28. The minimum Gasteiger partial charge on any atom is -0.478 e. The zero-order chi connectivity index (χ0) is 31.3. The molecule has 0 radical (unpaired) electrons. The summed E-state index contributed by atoms with van der Waals surface area (Å²) in [5, 5.41) is 23.5. The number of nitrogens with zero attached hydrogens (tertiary/aromatic N) is 3. The van der Waals surface area contributed by atoms with Crippen molar-refractivity contribution in [2.45, 2.75) is 10.3 Å². The number of carboxylic acid groups (broad SMARTS) is 1. The number of benzene rings is 4. The van der Waals surface area contributed by atoms with E-state index in [9.17, 15) is 20.0 Å². The summed E-state index contributed by atoms with van der Waals surface area (Å²) in [6, 6.07) is 38.0. The van der Waals surface area contributed by atoms with Crippen molar-refractivity contribution in [2.75, 3.05) is 5.32 Å². The molecule has 2 heterocycles. The van der Waals surface area contributed by atoms with Crippen LogP contribution in [0.5, 0.6) is 0 Å². The average Bonchev–Trinajstić information content (AvgIpc) is 3.07. The smallest absolute Gasteiger partial charge is 0.336 e. The van der Waals surface area contributed by atoms with Gasteiger partial charge in [-0.2, -0.15) is 5.26 Å². The fourth-order valence-electron chi connectivity index (χ4n) is 4.84. The van der Waals surface area contributed by atoms with Crippen molar-refractivity contribution in [1.82, 2.24) is 9.97 Å². The van der Waals surface area contributed by atoms with Gasteiger partial charge in [-0.1, -0.05) is 96.2 Å². The highest BCUT2D eigenvalue weighted by atomic mass is 35.5. The van der Waals surface area contributed by atoms with Crippen molar-refractivity contribution in [3.8, 4) is 28.6 Å². The van der Waals surface area contributed by atoms with E-state index in [4.69, 9.17) is 16.6 Å². The van der Waals surface area contributed by atoms with E-state index in [-0.39, 0.29) is 11.5 Å². The van der Waals surface area contributed by atoms with Gasteiger partial charge >= 0.3 is 5.97 Å². The predicted molar refractivity (Wildman–Crippen MR) is 177 cm³/mol. The maximum Gasteiger partial charge on any atom is 0.336 e. The minimum absolute atomic E-state index is 0.168. The van der Waals surface area contributed by atoms with Crippen LogP contribution in [-0.4, -0.2) is 27.0 Å². The molecule has 0 aliphatic rings. The number of thioether (sulfide) groups is 1. The highest BCUT2D eigenvalue weighted by Gasteiger charge is 2.25. The maximum absolute atomic E-state index is 13.8. The zero-order valence-electron chi connectivity index (χ0n) is 23.5. The maximum atomic E-state index is 13.8. The summed E-state index contributed by atoms with van der Waals surface area (Å²) in [6.45, 7) is 0. The van der Waals surface area contributed by atoms with E-state index in [0.717, 1.165) is 11.1 Å². The van der Waals surface area contributed by atoms with Gasteiger partial charge in [0, 0.05) is 27.2 Å². The number of anilines is 1. The van der Waals surface area contributed by atoms with Crippen LogP contribution in [0.1, 0.15) is 26.7 Å². The third-order valence-corrected chi connectivity index (χ3v) is 8.59. The topological polar surface area (TPSA) is 116 Å². The van der Waals surface area contributed by atoms with Crippen LogP contribution in [0.4, 0.5) is 5.69 Å². The van der Waals surface area contributed by atoms with Crippen LogP contribution in [0.25, 0.3) is 33.4 Å². The standard InChI is InChI=1S/C36H23ClN4O3S/c37-26-15-10-22(11-16-26)30-19-14-25(21-38)35(41-30)45-33(24-6-2-1-3-7-24)34(42)39-27-17-12-23(13-18-27)32-20-29(36(43)44)28-8-4-5-9-31(28)40-32/h1-20,33H,(H,39,42)(H,43,44). The Kier molecular flexibility index (Phi) is 8.56. The lowest BCUT2D eigenvalue weighted by atomic mass is 10.0. The fraction of sp³-hybridized carbons (Fsp3) is 0.0278. The molecule has 0 spiro atoms. The molecule has 6 aromatic rings. The first-order chi connectivity index (χ1) is 21.9. The van der Waals surface area contributed by atoms with Crippen LogP contribution in [0, 0.1) is 11.3 Å². The number of pyridine rings is 2. The molecule has 9 heteroatoms. The number of carbonyl (C=O) groups excluding carboxylic acids is 1. The average molecular weight is 627 g/mol. The van der Waals surface area contributed by atoms with Gasteiger partial charge in [-0.05, 0) is 54.1 Å². The van der Waals surface area contributed by atoms with Gasteiger partial charge in [0.25, 0.3) is 0 Å². The lowest BCUT2D eigenvalue weighted by Gasteiger charge is -2.18. The Morgan fingerprint density at radius 1 is 0.800 bits per heavy atom. The number of carbonyl (C=O) groups is 2. The van der Waals surface area contributed by atoms with Crippen LogP contribution < -0.4 is 5.32 Å². The van der Waals surface area contributed by atoms with E-state index < -0.39 is 11.2 Å². The first-order valence-corrected chi connectivity index (χ1v) is 15.1. The lowest BCUT2D eigenvalue weighted by molar-refractivity contribution is -0.115. The van der Waals surface area contributed by atoms with Crippen LogP contribution in [0.15, 0.2) is 126 Å². The van der Waals surface area contributed by atoms with Crippen molar-refractivity contribution >= 4 is 51.8 Å². The van der Waals surface area contributed by atoms with Crippen LogP contribution in [-0.2, 0) is 4.79 Å². The van der Waals surface area contributed by atoms with Crippen LogP contribution >= 0.6 is 23.4 Å². The number of rotatable bonds is 8. The number of nitriles is 1. The Morgan fingerprint density at radius 2 is 1.47 bits per heavy atom. The molecule has 0 aliphatic heterocycles. The zero-order valence-corrected chi connectivity index (χ0v) is 25.1. The quantitative estimate of drug-likeness (QED) is 0.162. The predicted octanol–water partition coefficient (Wildman–Crippen LogP) is 8.66. The SMILES string of the molecule is N#Cc1ccc(-c2ccc(Cl)cc2)nc1SC(C(=O)Nc1ccc(-c2cc(C(=O)O)c3ccccc3n2)cc1)c1ccccc1. The molecule has 0 bridgehead atoms. The van der Waals surface area contributed by atoms with Gasteiger partial charge in [-0.15, -0.1) is 0 Å². The second-order valence-electron chi connectivity index (χ2n) is 10.0. The van der Waals surface area contributed by atoms with E-state index in [1.54, 1.807) is 72.8 Å². The number of carboxylic acids is 1. The molecule has 45 heavy (non-hydrogen) atoms. The number of aromatic carboxylic acids is 1. The van der Waals surface area contributed by atoms with E-state index in [1.807, 2.05) is 48.5 Å². The van der Waals surface area contributed by atoms with Crippen molar-refractivity contribution in [1.29, 1.82) is 5.26 Å². The molecule has 1 unspecified atom stereocenters. The van der Waals surface area contributed by atoms with Crippen LogP contribution in [0.2, 0.25) is 5.02 Å². The molecule has 1 atom stereocenters. The number of halogens is 1. The Bertz CT molecular complexity index is 2080. The molecule has 0 fully saturated rings. The van der Waals surface area contributed by atoms with Crippen molar-refractivity contribution < 1.29 is 14.7 Å². The van der Waals surface area contributed by atoms with E-state index in [1.165, 1.54) is 11.8 Å². The van der Waals surface area contributed by atoms with Gasteiger partial charge in [0.05, 0.1) is 28.0 Å². The van der Waals surface area contributed by atoms with Crippen molar-refractivity contribution in [3.63, 3.8) is 0 Å². The molecule has 0 saturated heterocycles. The summed E-state index contributed by atoms with van der Waals surface area (Å²) in [7, 11) is 0. The summed E-state index contributed by atoms with van der Waals surface area (Å²) in [6.07, 6.45) is 0. The molecule has 0 aliphatic carbocycles. The molecular weight excluding hydrogens is 604 g/mol. The van der Waals surface area contributed by atoms with Gasteiger partial charge in [-0.3, -0.25) is 4.79 Å². The molecule has 1 amide bonds. The number of hydrogen-bond acceptors (Lipinski definition) is 6. The number of amides is 1. The van der Waals surface area contributed by atoms with Gasteiger partial charge < -0.3 is 10.4 Å². The highest BCUT2D eigenvalue weighted by Crippen LogP contribution is 2.38. The van der Waals surface area contributed by atoms with Gasteiger partial charge in [0.1, 0.15) is 16.3 Å². The first-order valence-electron chi connectivity index (χ1n) is 13.8. The summed E-state index contributed by atoms with van der Waals surface area (Å²) >= 11 is 7.26. The number of aromatic nitrogens is 2. The van der Waals surface area contributed by atoms with Crippen molar-refractivity contribution in [2.24, 2.45) is 0 Å². The summed E-state index contributed by atoms with van der Waals surface area (Å²) in [5.41, 5.74) is 5.12. The second kappa shape index (κ2) is 13.0. The van der Waals surface area contributed by atoms with E-state index in [2.05, 4.69) is 16.4 Å². The normalized spacial score (nSPS) is 11.5. The highest BCUT2D eigenvalue weighted by molar-refractivity contribution is 8.00. The largest absolute Gasteiger partial charge is 0.478 e. The molecule has 0 saturated carbocycles. The van der Waals surface area contributed by atoms with Gasteiger partial charge in [0.2, 0.25) is 5.91 Å². The second-order valence-corrected chi connectivity index (χ2v) is 11.6. The monoisotopic (exact) mass is 626 g/mol. The van der Waals surface area contributed by atoms with E-state index in [0.29, 0.717) is 49.2 Å². The van der Waals surface area contributed by atoms with E-state index >= 15 is 0 Å². The summed E-state index contributed by atoms with van der Waals surface area (Å²) in [5.74, 6) is -1.32. The number of para-hydroxylation sites is 1. The Labute approximate surface area is 268 Å². The summed E-state index contributed by atoms with van der Waals surface area (Å²) in [4.78, 5) is 35.1. The summed E-state index contributed by atoms with van der Waals surface area (Å²) < 4.78 is 0.